The van der Waals surface area contributed by atoms with Gasteiger partial charge in [0.2, 0.25) is 11.8 Å². The van der Waals surface area contributed by atoms with Crippen LogP contribution in [0, 0.1) is 17.7 Å². The van der Waals surface area contributed by atoms with Gasteiger partial charge >= 0.3 is 5.97 Å². The second-order valence-corrected chi connectivity index (χ2v) is 8.69. The maximum atomic E-state index is 14.8. The van der Waals surface area contributed by atoms with Crippen molar-refractivity contribution < 1.29 is 33.4 Å². The summed E-state index contributed by atoms with van der Waals surface area (Å²) in [4.78, 5) is 42.1. The zero-order valence-corrected chi connectivity index (χ0v) is 19.5. The number of amides is 2. The van der Waals surface area contributed by atoms with Crippen molar-refractivity contribution in [1.29, 1.82) is 0 Å². The fraction of sp³-hybridized carbons (Fsp3) is 0.222. The lowest BCUT2D eigenvalue weighted by Gasteiger charge is -2.33. The average Bonchev–Trinajstić information content (AvgIpc) is 3.39. The number of phenolic OH excluding ortho intramolecular Hbond substituents is 1. The Hall–Kier alpha value is -4.24. The minimum Gasteiger partial charge on any atom is -0.504 e. The number of ether oxygens (including phenoxy) is 2. The van der Waals surface area contributed by atoms with Gasteiger partial charge < -0.3 is 14.6 Å². The first-order valence-electron chi connectivity index (χ1n) is 11.3. The van der Waals surface area contributed by atoms with Crippen LogP contribution < -0.4 is 15.0 Å². The molecule has 0 unspecified atom stereocenters. The number of esters is 1. The minimum atomic E-state index is -1.73. The van der Waals surface area contributed by atoms with Crippen LogP contribution in [0.15, 0.2) is 72.8 Å². The lowest BCUT2D eigenvalue weighted by molar-refractivity contribution is -0.152. The molecular weight excluding hydrogens is 467 g/mol. The summed E-state index contributed by atoms with van der Waals surface area (Å²) in [5.41, 5.74) is -0.992. The summed E-state index contributed by atoms with van der Waals surface area (Å²) in [6.45, 7) is 0. The molecule has 5 rings (SSSR count). The molecule has 9 heteroatoms. The van der Waals surface area contributed by atoms with E-state index < -0.39 is 47.0 Å². The summed E-state index contributed by atoms with van der Waals surface area (Å²) < 4.78 is 25.2. The minimum absolute atomic E-state index is 0.111. The first-order valence-corrected chi connectivity index (χ1v) is 11.3. The monoisotopic (exact) mass is 490 g/mol. The van der Waals surface area contributed by atoms with Crippen LogP contribution in [0.5, 0.6) is 11.5 Å². The van der Waals surface area contributed by atoms with Crippen molar-refractivity contribution in [2.75, 3.05) is 19.1 Å². The van der Waals surface area contributed by atoms with E-state index in [0.29, 0.717) is 11.1 Å². The maximum absolute atomic E-state index is 14.8. The number of aromatic hydroxyl groups is 1. The molecule has 0 aliphatic carbocycles. The van der Waals surface area contributed by atoms with E-state index in [0.717, 1.165) is 11.0 Å². The van der Waals surface area contributed by atoms with Gasteiger partial charge in [0.25, 0.3) is 0 Å². The molecule has 2 N–H and O–H groups in total. The van der Waals surface area contributed by atoms with Crippen molar-refractivity contribution in [2.45, 2.75) is 11.6 Å². The number of imide groups is 1. The van der Waals surface area contributed by atoms with Crippen LogP contribution in [-0.4, -0.2) is 37.1 Å². The first kappa shape index (κ1) is 23.5. The number of carbonyl (C=O) groups excluding carboxylic acids is 3. The van der Waals surface area contributed by atoms with E-state index in [1.807, 2.05) is 0 Å². The van der Waals surface area contributed by atoms with Crippen molar-refractivity contribution in [2.24, 2.45) is 11.8 Å². The van der Waals surface area contributed by atoms with Crippen LogP contribution in [0.1, 0.15) is 17.2 Å². The lowest BCUT2D eigenvalue weighted by atomic mass is 9.75. The number of carbonyl (C=O) groups is 3. The molecule has 2 aliphatic heterocycles. The molecule has 2 aliphatic rings. The number of hydrogen-bond donors (Lipinski definition) is 2. The second-order valence-electron chi connectivity index (χ2n) is 8.69. The molecule has 184 valence electrons. The van der Waals surface area contributed by atoms with Crippen LogP contribution in [0.4, 0.5) is 10.1 Å². The number of para-hydroxylation sites is 1. The molecule has 0 radical (unpaired) electrons. The highest BCUT2D eigenvalue weighted by molar-refractivity contribution is 6.24. The Morgan fingerprint density at radius 1 is 1.00 bits per heavy atom. The summed E-state index contributed by atoms with van der Waals surface area (Å²) in [7, 11) is 2.59. The molecule has 2 amide bonds. The largest absolute Gasteiger partial charge is 0.504 e. The zero-order chi connectivity index (χ0) is 25.6. The van der Waals surface area contributed by atoms with Gasteiger partial charge in [0, 0.05) is 6.04 Å². The SMILES string of the molecule is COC(=O)[C@@]1(c2ccccc2)N[C@@H](c2ccc(O)c(OC)c2)[C@H]2C(=O)N(c3ccccc3F)C(=O)[C@H]21. The second kappa shape index (κ2) is 8.76. The molecule has 2 heterocycles. The third kappa shape index (κ3) is 3.27. The molecule has 0 spiro atoms. The van der Waals surface area contributed by atoms with Gasteiger partial charge in [-0.1, -0.05) is 48.5 Å². The van der Waals surface area contributed by atoms with Gasteiger partial charge in [-0.25, -0.2) is 14.1 Å². The molecule has 36 heavy (non-hydrogen) atoms. The number of phenols is 1. The Morgan fingerprint density at radius 2 is 1.69 bits per heavy atom. The first-order chi connectivity index (χ1) is 17.3. The highest BCUT2D eigenvalue weighted by atomic mass is 19.1. The molecule has 2 fully saturated rings. The van der Waals surface area contributed by atoms with Crippen LogP contribution in [0.3, 0.4) is 0 Å². The van der Waals surface area contributed by atoms with Crippen molar-refractivity contribution in [3.63, 3.8) is 0 Å². The summed E-state index contributed by atoms with van der Waals surface area (Å²) in [5.74, 6) is -5.13. The third-order valence-electron chi connectivity index (χ3n) is 6.95. The van der Waals surface area contributed by atoms with Crippen LogP contribution >= 0.6 is 0 Å². The number of fused-ring (bicyclic) bond motifs is 1. The quantitative estimate of drug-likeness (QED) is 0.418. The van der Waals surface area contributed by atoms with Gasteiger partial charge in [0.05, 0.1) is 31.7 Å². The lowest BCUT2D eigenvalue weighted by Crippen LogP contribution is -2.53. The number of rotatable bonds is 5. The normalized spacial score (nSPS) is 25.1. The van der Waals surface area contributed by atoms with Gasteiger partial charge in [-0.2, -0.15) is 0 Å². The summed E-state index contributed by atoms with van der Waals surface area (Å²) in [5, 5.41) is 13.3. The number of nitrogens with zero attached hydrogens (tertiary/aromatic N) is 1. The van der Waals surface area contributed by atoms with E-state index >= 15 is 0 Å². The highest BCUT2D eigenvalue weighted by Crippen LogP contribution is 2.54. The van der Waals surface area contributed by atoms with E-state index in [2.05, 4.69) is 5.32 Å². The topological polar surface area (TPSA) is 105 Å². The fourth-order valence-electron chi connectivity index (χ4n) is 5.38. The summed E-state index contributed by atoms with van der Waals surface area (Å²) in [6.07, 6.45) is 0. The van der Waals surface area contributed by atoms with Gasteiger partial charge in [-0.05, 0) is 35.4 Å². The van der Waals surface area contributed by atoms with Crippen LogP contribution in [-0.2, 0) is 24.7 Å². The number of nitrogens with one attached hydrogen (secondary N) is 1. The fourth-order valence-corrected chi connectivity index (χ4v) is 5.38. The predicted molar refractivity (Wildman–Crippen MR) is 127 cm³/mol. The molecule has 3 aromatic carbocycles. The number of hydrogen-bond acceptors (Lipinski definition) is 7. The van der Waals surface area contributed by atoms with Gasteiger partial charge in [0.15, 0.2) is 17.0 Å². The molecule has 4 atom stereocenters. The molecule has 0 saturated carbocycles. The van der Waals surface area contributed by atoms with E-state index in [9.17, 15) is 23.9 Å². The van der Waals surface area contributed by atoms with E-state index in [1.54, 1.807) is 36.4 Å². The summed E-state index contributed by atoms with van der Waals surface area (Å²) in [6, 6.07) is 17.7. The van der Waals surface area contributed by atoms with E-state index in [4.69, 9.17) is 9.47 Å². The van der Waals surface area contributed by atoms with E-state index in [1.165, 1.54) is 44.6 Å². The Balaban J connectivity index is 1.75. The Kier molecular flexibility index (Phi) is 5.72. The van der Waals surface area contributed by atoms with Crippen molar-refractivity contribution in [3.05, 3.63) is 89.7 Å². The van der Waals surface area contributed by atoms with Crippen molar-refractivity contribution >= 4 is 23.5 Å². The smallest absolute Gasteiger partial charge is 0.331 e. The maximum Gasteiger partial charge on any atom is 0.331 e. The number of halogens is 1. The van der Waals surface area contributed by atoms with Gasteiger partial charge in [-0.3, -0.25) is 14.9 Å². The Labute approximate surface area is 206 Å². The van der Waals surface area contributed by atoms with Crippen molar-refractivity contribution in [1.82, 2.24) is 5.32 Å². The van der Waals surface area contributed by atoms with Crippen LogP contribution in [0.2, 0.25) is 0 Å². The molecule has 3 aromatic rings. The molecule has 0 aromatic heterocycles. The molecule has 0 bridgehead atoms. The zero-order valence-electron chi connectivity index (χ0n) is 19.5. The summed E-state index contributed by atoms with van der Waals surface area (Å²) >= 11 is 0. The third-order valence-corrected chi connectivity index (χ3v) is 6.95. The predicted octanol–water partition coefficient (Wildman–Crippen LogP) is 3.06. The Bertz CT molecular complexity index is 1360. The average molecular weight is 490 g/mol. The van der Waals surface area contributed by atoms with E-state index in [-0.39, 0.29) is 17.2 Å². The van der Waals surface area contributed by atoms with Crippen molar-refractivity contribution in [3.8, 4) is 11.5 Å². The molecular formula is C27H23FN2O6. The number of benzene rings is 3. The molecule has 2 saturated heterocycles. The van der Waals surface area contributed by atoms with Crippen LogP contribution in [0.25, 0.3) is 0 Å². The van der Waals surface area contributed by atoms with Gasteiger partial charge in [-0.15, -0.1) is 0 Å². The standard InChI is InChI=1S/C27H23FN2O6/c1-35-20-14-15(12-13-19(20)31)23-21-22(25(33)30(24(21)32)18-11-7-6-10-17(18)28)27(29-23,26(34)36-2)16-8-4-3-5-9-16/h3-14,21-23,29,31H,1-2H3/t21-,22-,23-,27-/m0/s1. The van der Waals surface area contributed by atoms with Gasteiger partial charge in [0.1, 0.15) is 5.82 Å². The number of methoxy groups -OCH3 is 2. The highest BCUT2D eigenvalue weighted by Gasteiger charge is 2.70. The number of anilines is 1. The molecule has 8 nitrogen and oxygen atoms in total. The Morgan fingerprint density at radius 3 is 2.36 bits per heavy atom.